The number of rotatable bonds is 2. The minimum absolute atomic E-state index is 0. The van der Waals surface area contributed by atoms with E-state index in [1.54, 1.807) is 0 Å². The van der Waals surface area contributed by atoms with E-state index in [9.17, 15) is 0 Å². The largest absolute Gasteiger partial charge is 0.370 e. The van der Waals surface area contributed by atoms with Crippen molar-refractivity contribution in [1.29, 1.82) is 0 Å². The van der Waals surface area contributed by atoms with Crippen molar-refractivity contribution in [2.45, 2.75) is 37.4 Å². The standard InChI is InChI=1S/C19H21N3.ClH/c20-19-21-17(14-7-3-1-4-8-14)13-16-11-12-18(22(16)19)15-9-5-2-6-10-15;/h1-10,16-18H,11-13H2,(H2,20,21);1H/t16-,17-,18-;/m1./s1. The highest BCUT2D eigenvalue weighted by atomic mass is 35.5. The zero-order valence-electron chi connectivity index (χ0n) is 13.0. The Labute approximate surface area is 143 Å². The van der Waals surface area contributed by atoms with Gasteiger partial charge in [-0.15, -0.1) is 12.4 Å². The first-order chi connectivity index (χ1) is 10.8. The van der Waals surface area contributed by atoms with Crippen molar-refractivity contribution in [2.24, 2.45) is 10.7 Å². The number of hydrogen-bond donors (Lipinski definition) is 1. The Morgan fingerprint density at radius 2 is 1.48 bits per heavy atom. The first-order valence-corrected chi connectivity index (χ1v) is 8.04. The van der Waals surface area contributed by atoms with Crippen molar-refractivity contribution in [3.63, 3.8) is 0 Å². The predicted molar refractivity (Wildman–Crippen MR) is 96.7 cm³/mol. The van der Waals surface area contributed by atoms with E-state index in [2.05, 4.69) is 59.5 Å². The zero-order chi connectivity index (χ0) is 14.9. The van der Waals surface area contributed by atoms with Crippen molar-refractivity contribution in [3.8, 4) is 0 Å². The molecule has 0 bridgehead atoms. The molecule has 0 aliphatic carbocycles. The fourth-order valence-electron chi connectivity index (χ4n) is 3.89. The SMILES string of the molecule is Cl.NC1=N[C@@H](c2ccccc2)C[C@H]2CC[C@H](c3ccccc3)N12. The fourth-order valence-corrected chi connectivity index (χ4v) is 3.89. The minimum Gasteiger partial charge on any atom is -0.370 e. The average molecular weight is 328 g/mol. The van der Waals surface area contributed by atoms with Crippen molar-refractivity contribution < 1.29 is 0 Å². The van der Waals surface area contributed by atoms with Crippen molar-refractivity contribution in [2.75, 3.05) is 0 Å². The summed E-state index contributed by atoms with van der Waals surface area (Å²) in [6, 6.07) is 22.3. The highest BCUT2D eigenvalue weighted by Crippen LogP contribution is 2.42. The van der Waals surface area contributed by atoms with Gasteiger partial charge in [-0.25, -0.2) is 4.99 Å². The highest BCUT2D eigenvalue weighted by Gasteiger charge is 2.39. The van der Waals surface area contributed by atoms with E-state index in [1.807, 2.05) is 6.07 Å². The van der Waals surface area contributed by atoms with Crippen LogP contribution in [-0.2, 0) is 0 Å². The second kappa shape index (κ2) is 6.63. The molecule has 2 aromatic carbocycles. The van der Waals surface area contributed by atoms with Crippen LogP contribution in [0.2, 0.25) is 0 Å². The molecule has 2 aliphatic heterocycles. The highest BCUT2D eigenvalue weighted by molar-refractivity contribution is 5.85. The van der Waals surface area contributed by atoms with Crippen molar-refractivity contribution in [3.05, 3.63) is 71.8 Å². The summed E-state index contributed by atoms with van der Waals surface area (Å²) in [5.74, 6) is 0.705. The smallest absolute Gasteiger partial charge is 0.192 e. The van der Waals surface area contributed by atoms with Crippen LogP contribution in [0.4, 0.5) is 0 Å². The molecule has 0 amide bonds. The number of nitrogens with two attached hydrogens (primary N) is 1. The van der Waals surface area contributed by atoms with E-state index in [1.165, 1.54) is 17.5 Å². The lowest BCUT2D eigenvalue weighted by Crippen LogP contribution is -2.45. The van der Waals surface area contributed by atoms with Crippen LogP contribution < -0.4 is 5.73 Å². The van der Waals surface area contributed by atoms with Gasteiger partial charge in [0, 0.05) is 6.04 Å². The number of fused-ring (bicyclic) bond motifs is 1. The molecule has 2 N–H and O–H groups in total. The van der Waals surface area contributed by atoms with Crippen LogP contribution in [0.3, 0.4) is 0 Å². The van der Waals surface area contributed by atoms with Gasteiger partial charge in [0.25, 0.3) is 0 Å². The van der Waals surface area contributed by atoms with Crippen molar-refractivity contribution in [1.82, 2.24) is 4.90 Å². The molecule has 23 heavy (non-hydrogen) atoms. The van der Waals surface area contributed by atoms with E-state index in [0.717, 1.165) is 12.8 Å². The van der Waals surface area contributed by atoms with E-state index < -0.39 is 0 Å². The summed E-state index contributed by atoms with van der Waals surface area (Å²) in [5.41, 5.74) is 8.97. The molecule has 0 radical (unpaired) electrons. The fraction of sp³-hybridized carbons (Fsp3) is 0.316. The van der Waals surface area contributed by atoms with E-state index in [4.69, 9.17) is 10.7 Å². The van der Waals surface area contributed by atoms with Crippen LogP contribution in [0.1, 0.15) is 42.5 Å². The Morgan fingerprint density at radius 3 is 2.13 bits per heavy atom. The molecule has 0 spiro atoms. The molecule has 3 nitrogen and oxygen atoms in total. The molecule has 2 heterocycles. The van der Waals surface area contributed by atoms with Crippen LogP contribution in [-0.4, -0.2) is 16.9 Å². The number of hydrogen-bond acceptors (Lipinski definition) is 3. The van der Waals surface area contributed by atoms with Gasteiger partial charge in [0.05, 0.1) is 12.1 Å². The Bertz CT molecular complexity index is 672. The Morgan fingerprint density at radius 1 is 0.870 bits per heavy atom. The number of nitrogens with zero attached hydrogens (tertiary/aromatic N) is 2. The zero-order valence-corrected chi connectivity index (χ0v) is 13.8. The maximum Gasteiger partial charge on any atom is 0.192 e. The Balaban J connectivity index is 0.00000156. The summed E-state index contributed by atoms with van der Waals surface area (Å²) in [7, 11) is 0. The number of aliphatic imine (C=N–C) groups is 1. The summed E-state index contributed by atoms with van der Waals surface area (Å²) >= 11 is 0. The van der Waals surface area contributed by atoms with Crippen LogP contribution >= 0.6 is 12.4 Å². The third kappa shape index (κ3) is 2.93. The predicted octanol–water partition coefficient (Wildman–Crippen LogP) is 4.07. The molecule has 1 fully saturated rings. The molecule has 4 heteroatoms. The molecular formula is C19H22ClN3. The van der Waals surface area contributed by atoms with Gasteiger partial charge in [0.2, 0.25) is 0 Å². The summed E-state index contributed by atoms with van der Waals surface area (Å²) in [6.45, 7) is 0. The second-order valence-corrected chi connectivity index (χ2v) is 6.21. The molecule has 0 aromatic heterocycles. The van der Waals surface area contributed by atoms with Gasteiger partial charge in [-0.1, -0.05) is 60.7 Å². The monoisotopic (exact) mass is 327 g/mol. The molecule has 120 valence electrons. The van der Waals surface area contributed by atoms with E-state index in [-0.39, 0.29) is 18.4 Å². The lowest BCUT2D eigenvalue weighted by molar-refractivity contribution is 0.267. The number of guanidine groups is 1. The topological polar surface area (TPSA) is 41.6 Å². The lowest BCUT2D eigenvalue weighted by atomic mass is 9.97. The van der Waals surface area contributed by atoms with Gasteiger partial charge in [0.15, 0.2) is 5.96 Å². The average Bonchev–Trinajstić information content (AvgIpc) is 3.01. The van der Waals surface area contributed by atoms with Crippen LogP contribution in [0.25, 0.3) is 0 Å². The molecule has 2 aliphatic rings. The summed E-state index contributed by atoms with van der Waals surface area (Å²) < 4.78 is 0. The molecule has 2 aromatic rings. The second-order valence-electron chi connectivity index (χ2n) is 6.21. The maximum absolute atomic E-state index is 6.35. The van der Waals surface area contributed by atoms with Crippen LogP contribution in [0.15, 0.2) is 65.7 Å². The third-order valence-corrected chi connectivity index (χ3v) is 4.92. The minimum atomic E-state index is 0. The number of halogens is 1. The molecular weight excluding hydrogens is 306 g/mol. The normalized spacial score (nSPS) is 26.2. The van der Waals surface area contributed by atoms with Gasteiger partial charge >= 0.3 is 0 Å². The Hall–Kier alpha value is -2.00. The quantitative estimate of drug-likeness (QED) is 0.903. The summed E-state index contributed by atoms with van der Waals surface area (Å²) in [5, 5.41) is 0. The molecule has 1 saturated heterocycles. The van der Waals surface area contributed by atoms with Gasteiger partial charge in [-0.2, -0.15) is 0 Å². The van der Waals surface area contributed by atoms with Crippen LogP contribution in [0.5, 0.6) is 0 Å². The van der Waals surface area contributed by atoms with E-state index in [0.29, 0.717) is 18.0 Å². The summed E-state index contributed by atoms with van der Waals surface area (Å²) in [4.78, 5) is 7.13. The molecule has 4 rings (SSSR count). The maximum atomic E-state index is 6.35. The number of benzene rings is 2. The first-order valence-electron chi connectivity index (χ1n) is 8.04. The van der Waals surface area contributed by atoms with Gasteiger partial charge in [0.1, 0.15) is 0 Å². The van der Waals surface area contributed by atoms with Crippen LogP contribution in [0, 0.1) is 0 Å². The lowest BCUT2D eigenvalue weighted by Gasteiger charge is -2.37. The summed E-state index contributed by atoms with van der Waals surface area (Å²) in [6.07, 6.45) is 3.42. The molecule has 3 atom stereocenters. The Kier molecular flexibility index (Phi) is 4.58. The molecule has 0 unspecified atom stereocenters. The van der Waals surface area contributed by atoms with Gasteiger partial charge < -0.3 is 10.6 Å². The van der Waals surface area contributed by atoms with Crippen molar-refractivity contribution >= 4 is 18.4 Å². The van der Waals surface area contributed by atoms with E-state index >= 15 is 0 Å². The molecule has 0 saturated carbocycles. The van der Waals surface area contributed by atoms with Gasteiger partial charge in [-0.3, -0.25) is 0 Å². The first kappa shape index (κ1) is 15.9. The third-order valence-electron chi connectivity index (χ3n) is 4.92. The van der Waals surface area contributed by atoms with Gasteiger partial charge in [-0.05, 0) is 30.4 Å².